The van der Waals surface area contributed by atoms with Crippen LogP contribution in [0.1, 0.15) is 17.3 Å². The average Bonchev–Trinajstić information content (AvgIpc) is 2.28. The maximum absolute atomic E-state index is 11.0. The number of rotatable bonds is 5. The number of hydrogen-bond acceptors (Lipinski definition) is 3. The van der Waals surface area contributed by atoms with E-state index in [0.29, 0.717) is 22.8 Å². The lowest BCUT2D eigenvalue weighted by Gasteiger charge is -2.22. The number of carbonyl (C=O) groups excluding carboxylic acids is 1. The fourth-order valence-corrected chi connectivity index (χ4v) is 1.88. The van der Waals surface area contributed by atoms with E-state index in [4.69, 9.17) is 22.4 Å². The number of halogens is 1. The molecule has 0 aliphatic carbocycles. The van der Waals surface area contributed by atoms with Gasteiger partial charge in [0, 0.05) is 19.2 Å². The number of primary amides is 1. The zero-order valence-corrected chi connectivity index (χ0v) is 10.9. The molecule has 5 nitrogen and oxygen atoms in total. The average molecular weight is 271 g/mol. The summed E-state index contributed by atoms with van der Waals surface area (Å²) in [6.45, 7) is 1.94. The fraction of sp³-hybridized carbons (Fsp3) is 0.333. The zero-order chi connectivity index (χ0) is 13.9. The van der Waals surface area contributed by atoms with E-state index in [1.807, 2.05) is 0 Å². The van der Waals surface area contributed by atoms with E-state index in [1.165, 1.54) is 6.07 Å². The van der Waals surface area contributed by atoms with E-state index in [-0.39, 0.29) is 0 Å². The van der Waals surface area contributed by atoms with Crippen LogP contribution >= 0.6 is 11.6 Å². The summed E-state index contributed by atoms with van der Waals surface area (Å²) in [5.41, 5.74) is 6.12. The van der Waals surface area contributed by atoms with Crippen LogP contribution in [0.5, 0.6) is 0 Å². The van der Waals surface area contributed by atoms with Crippen LogP contribution in [0.3, 0.4) is 0 Å². The summed E-state index contributed by atoms with van der Waals surface area (Å²) in [6, 6.07) is 4.68. The Morgan fingerprint density at radius 1 is 1.50 bits per heavy atom. The van der Waals surface area contributed by atoms with Gasteiger partial charge in [0.2, 0.25) is 5.91 Å². The van der Waals surface area contributed by atoms with Gasteiger partial charge in [0.1, 0.15) is 0 Å². The number of hydrogen-bond donors (Lipinski definition) is 2. The van der Waals surface area contributed by atoms with Gasteiger partial charge < -0.3 is 15.7 Å². The summed E-state index contributed by atoms with van der Waals surface area (Å²) in [6.07, 6.45) is 0. The summed E-state index contributed by atoms with van der Waals surface area (Å²) in [5.74, 6) is -1.93. The highest BCUT2D eigenvalue weighted by atomic mass is 35.5. The molecule has 3 N–H and O–H groups in total. The molecule has 0 aliphatic heterocycles. The first-order valence-corrected chi connectivity index (χ1v) is 5.74. The SMILES string of the molecule is CC(CN(C)c1ccc(C(N)=O)cc1Cl)C(=O)O. The van der Waals surface area contributed by atoms with Crippen LogP contribution in [0.25, 0.3) is 0 Å². The molecule has 1 aromatic rings. The molecule has 0 radical (unpaired) electrons. The van der Waals surface area contributed by atoms with E-state index >= 15 is 0 Å². The molecule has 0 saturated heterocycles. The van der Waals surface area contributed by atoms with Crippen LogP contribution in [-0.4, -0.2) is 30.6 Å². The highest BCUT2D eigenvalue weighted by Crippen LogP contribution is 2.26. The van der Waals surface area contributed by atoms with Gasteiger partial charge in [0.25, 0.3) is 0 Å². The molecule has 1 aromatic carbocycles. The number of carbonyl (C=O) groups is 2. The number of aliphatic carboxylic acids is 1. The molecule has 1 atom stereocenters. The predicted octanol–water partition coefficient (Wildman–Crippen LogP) is 1.60. The molecule has 0 spiro atoms. The lowest BCUT2D eigenvalue weighted by atomic mass is 10.1. The van der Waals surface area contributed by atoms with Crippen LogP contribution in [0.4, 0.5) is 5.69 Å². The van der Waals surface area contributed by atoms with Crippen LogP contribution < -0.4 is 10.6 Å². The molecule has 0 bridgehead atoms. The second-order valence-corrected chi connectivity index (χ2v) is 4.56. The third-order valence-electron chi connectivity index (χ3n) is 2.61. The molecule has 98 valence electrons. The molecule has 0 fully saturated rings. The van der Waals surface area contributed by atoms with Crippen molar-refractivity contribution >= 4 is 29.2 Å². The van der Waals surface area contributed by atoms with E-state index < -0.39 is 17.8 Å². The quantitative estimate of drug-likeness (QED) is 0.851. The highest BCUT2D eigenvalue weighted by molar-refractivity contribution is 6.33. The molecule has 0 saturated carbocycles. The van der Waals surface area contributed by atoms with Crippen molar-refractivity contribution in [2.24, 2.45) is 11.7 Å². The number of carboxylic acid groups (broad SMARTS) is 1. The Balaban J connectivity index is 2.90. The first kappa shape index (κ1) is 14.3. The molecule has 18 heavy (non-hydrogen) atoms. The van der Waals surface area contributed by atoms with Gasteiger partial charge in [0.15, 0.2) is 0 Å². The molecule has 1 unspecified atom stereocenters. The third-order valence-corrected chi connectivity index (χ3v) is 2.92. The van der Waals surface area contributed by atoms with E-state index in [0.717, 1.165) is 0 Å². The minimum absolute atomic E-state index is 0.323. The topological polar surface area (TPSA) is 83.6 Å². The van der Waals surface area contributed by atoms with Gasteiger partial charge in [0.05, 0.1) is 16.6 Å². The van der Waals surface area contributed by atoms with Gasteiger partial charge in [-0.2, -0.15) is 0 Å². The van der Waals surface area contributed by atoms with Crippen molar-refractivity contribution in [1.29, 1.82) is 0 Å². The number of benzene rings is 1. The minimum atomic E-state index is -0.869. The maximum atomic E-state index is 11.0. The summed E-state index contributed by atoms with van der Waals surface area (Å²) >= 11 is 6.03. The second-order valence-electron chi connectivity index (χ2n) is 4.15. The Morgan fingerprint density at radius 3 is 2.56 bits per heavy atom. The molecular weight excluding hydrogens is 256 g/mol. The third kappa shape index (κ3) is 3.37. The van der Waals surface area contributed by atoms with Crippen LogP contribution in [0.2, 0.25) is 5.02 Å². The monoisotopic (exact) mass is 270 g/mol. The van der Waals surface area contributed by atoms with Gasteiger partial charge in [-0.25, -0.2) is 0 Å². The van der Waals surface area contributed by atoms with Gasteiger partial charge >= 0.3 is 5.97 Å². The van der Waals surface area contributed by atoms with Crippen molar-refractivity contribution in [3.8, 4) is 0 Å². The van der Waals surface area contributed by atoms with E-state index in [2.05, 4.69) is 0 Å². The molecule has 1 amide bonds. The fourth-order valence-electron chi connectivity index (χ4n) is 1.56. The Morgan fingerprint density at radius 2 is 2.11 bits per heavy atom. The molecule has 6 heteroatoms. The van der Waals surface area contributed by atoms with Crippen LogP contribution in [0.15, 0.2) is 18.2 Å². The number of anilines is 1. The van der Waals surface area contributed by atoms with E-state index in [9.17, 15) is 9.59 Å². The van der Waals surface area contributed by atoms with Crippen molar-refractivity contribution in [3.63, 3.8) is 0 Å². The molecule has 0 aliphatic rings. The normalized spacial score (nSPS) is 11.9. The Labute approximate surface area is 110 Å². The lowest BCUT2D eigenvalue weighted by Crippen LogP contribution is -2.28. The van der Waals surface area contributed by atoms with Gasteiger partial charge in [-0.3, -0.25) is 9.59 Å². The molecule has 1 rings (SSSR count). The van der Waals surface area contributed by atoms with Crippen molar-refractivity contribution in [2.45, 2.75) is 6.92 Å². The molecular formula is C12H15ClN2O3. The van der Waals surface area contributed by atoms with Crippen molar-refractivity contribution < 1.29 is 14.7 Å². The van der Waals surface area contributed by atoms with Crippen molar-refractivity contribution in [1.82, 2.24) is 0 Å². The predicted molar refractivity (Wildman–Crippen MR) is 70.0 cm³/mol. The van der Waals surface area contributed by atoms with Crippen molar-refractivity contribution in [2.75, 3.05) is 18.5 Å². The second kappa shape index (κ2) is 5.73. The van der Waals surface area contributed by atoms with Gasteiger partial charge in [-0.05, 0) is 18.2 Å². The number of nitrogens with zero attached hydrogens (tertiary/aromatic N) is 1. The minimum Gasteiger partial charge on any atom is -0.481 e. The summed E-state index contributed by atoms with van der Waals surface area (Å²) in [7, 11) is 1.74. The van der Waals surface area contributed by atoms with E-state index in [1.54, 1.807) is 31.0 Å². The highest BCUT2D eigenvalue weighted by Gasteiger charge is 2.16. The summed E-state index contributed by atoms with van der Waals surface area (Å²) in [4.78, 5) is 23.5. The first-order chi connectivity index (χ1) is 8.32. The smallest absolute Gasteiger partial charge is 0.308 e. The van der Waals surface area contributed by atoms with Gasteiger partial charge in [-0.15, -0.1) is 0 Å². The number of amides is 1. The Kier molecular flexibility index (Phi) is 4.55. The number of carboxylic acids is 1. The largest absolute Gasteiger partial charge is 0.481 e. The molecule has 0 aromatic heterocycles. The van der Waals surface area contributed by atoms with Gasteiger partial charge in [-0.1, -0.05) is 18.5 Å². The standard InChI is InChI=1S/C12H15ClN2O3/c1-7(12(17)18)6-15(2)10-4-3-8(11(14)16)5-9(10)13/h3-5,7H,6H2,1-2H3,(H2,14,16)(H,17,18). The summed E-state index contributed by atoms with van der Waals surface area (Å²) < 4.78 is 0. The Bertz CT molecular complexity index is 476. The summed E-state index contributed by atoms with van der Waals surface area (Å²) in [5, 5.41) is 9.21. The maximum Gasteiger partial charge on any atom is 0.308 e. The number of nitrogens with two attached hydrogens (primary N) is 1. The Hall–Kier alpha value is -1.75. The molecule has 0 heterocycles. The van der Waals surface area contributed by atoms with Crippen molar-refractivity contribution in [3.05, 3.63) is 28.8 Å². The lowest BCUT2D eigenvalue weighted by molar-refractivity contribution is -0.140. The van der Waals surface area contributed by atoms with Crippen LogP contribution in [-0.2, 0) is 4.79 Å². The van der Waals surface area contributed by atoms with Crippen LogP contribution in [0, 0.1) is 5.92 Å². The zero-order valence-electron chi connectivity index (χ0n) is 10.2. The first-order valence-electron chi connectivity index (χ1n) is 5.36.